The molecule has 124 valence electrons. The van der Waals surface area contributed by atoms with Crippen LogP contribution in [-0.4, -0.2) is 39.8 Å². The van der Waals surface area contributed by atoms with E-state index in [-0.39, 0.29) is 5.92 Å². The molecule has 0 radical (unpaired) electrons. The van der Waals surface area contributed by atoms with E-state index >= 15 is 0 Å². The van der Waals surface area contributed by atoms with Crippen LogP contribution in [-0.2, 0) is 17.9 Å². The summed E-state index contributed by atoms with van der Waals surface area (Å²) in [6, 6.07) is 14.8. The van der Waals surface area contributed by atoms with Crippen molar-refractivity contribution >= 4 is 5.91 Å². The first-order valence-corrected chi connectivity index (χ1v) is 8.75. The number of piperidine rings is 1. The predicted octanol–water partition coefficient (Wildman–Crippen LogP) is 2.70. The number of amides is 1. The van der Waals surface area contributed by atoms with Gasteiger partial charge < -0.3 is 4.90 Å². The summed E-state index contributed by atoms with van der Waals surface area (Å²) < 4.78 is 0. The second kappa shape index (κ2) is 6.73. The zero-order valence-corrected chi connectivity index (χ0v) is 13.8. The monoisotopic (exact) mass is 321 g/mol. The van der Waals surface area contributed by atoms with Gasteiger partial charge in [-0.3, -0.25) is 14.7 Å². The summed E-state index contributed by atoms with van der Waals surface area (Å²) in [5.41, 5.74) is 2.44. The first-order valence-electron chi connectivity index (χ1n) is 8.75. The van der Waals surface area contributed by atoms with Gasteiger partial charge in [0.15, 0.2) is 0 Å². The molecule has 0 aliphatic carbocycles. The quantitative estimate of drug-likeness (QED) is 0.869. The zero-order chi connectivity index (χ0) is 16.4. The summed E-state index contributed by atoms with van der Waals surface area (Å²) in [4.78, 5) is 21.7. The highest BCUT2D eigenvalue weighted by molar-refractivity contribution is 5.80. The van der Waals surface area contributed by atoms with Crippen molar-refractivity contribution < 1.29 is 4.79 Å². The Bertz CT molecular complexity index is 689. The summed E-state index contributed by atoms with van der Waals surface area (Å²) in [7, 11) is 0. The van der Waals surface area contributed by atoms with Crippen molar-refractivity contribution in [3.8, 4) is 0 Å². The molecule has 3 aliphatic rings. The Morgan fingerprint density at radius 1 is 0.958 bits per heavy atom. The number of nitrogens with zero attached hydrogens (tertiary/aromatic N) is 3. The molecule has 3 saturated heterocycles. The summed E-state index contributed by atoms with van der Waals surface area (Å²) in [6.45, 7) is 3.45. The number of pyridine rings is 1. The van der Waals surface area contributed by atoms with Crippen LogP contribution in [0.25, 0.3) is 0 Å². The number of benzene rings is 1. The van der Waals surface area contributed by atoms with Crippen LogP contribution in [0.2, 0.25) is 0 Å². The minimum atomic E-state index is 0.143. The van der Waals surface area contributed by atoms with E-state index in [1.54, 1.807) is 6.20 Å². The lowest BCUT2D eigenvalue weighted by Gasteiger charge is -2.36. The van der Waals surface area contributed by atoms with Crippen molar-refractivity contribution in [2.24, 2.45) is 5.92 Å². The van der Waals surface area contributed by atoms with Crippen molar-refractivity contribution in [2.45, 2.75) is 32.0 Å². The highest BCUT2D eigenvalue weighted by Crippen LogP contribution is 2.31. The Balaban J connectivity index is 1.50. The smallest absolute Gasteiger partial charge is 0.227 e. The molecule has 2 bridgehead atoms. The minimum absolute atomic E-state index is 0.143. The molecular formula is C20H23N3O. The lowest BCUT2D eigenvalue weighted by atomic mass is 9.93. The summed E-state index contributed by atoms with van der Waals surface area (Å²) >= 11 is 0. The van der Waals surface area contributed by atoms with Crippen molar-refractivity contribution in [1.82, 2.24) is 14.8 Å². The van der Waals surface area contributed by atoms with Gasteiger partial charge in [0.05, 0.1) is 5.92 Å². The first kappa shape index (κ1) is 15.3. The number of rotatable bonds is 4. The number of hydrogen-bond acceptors (Lipinski definition) is 3. The molecule has 2 atom stereocenters. The molecule has 0 spiro atoms. The van der Waals surface area contributed by atoms with Crippen molar-refractivity contribution in [3.05, 3.63) is 66.0 Å². The number of carbonyl (C=O) groups excluding carboxylic acids is 1. The van der Waals surface area contributed by atoms with Gasteiger partial charge in [0.2, 0.25) is 5.91 Å². The summed E-state index contributed by atoms with van der Waals surface area (Å²) in [5, 5.41) is 0. The average Bonchev–Trinajstić information content (AvgIpc) is 2.89. The van der Waals surface area contributed by atoms with Gasteiger partial charge in [-0.15, -0.1) is 0 Å². The van der Waals surface area contributed by atoms with Crippen LogP contribution in [0.5, 0.6) is 0 Å². The Hall–Kier alpha value is -2.20. The highest BCUT2D eigenvalue weighted by atomic mass is 16.2. The van der Waals surface area contributed by atoms with E-state index in [1.807, 2.05) is 30.5 Å². The van der Waals surface area contributed by atoms with Gasteiger partial charge in [0.25, 0.3) is 0 Å². The van der Waals surface area contributed by atoms with Crippen LogP contribution >= 0.6 is 0 Å². The van der Waals surface area contributed by atoms with Crippen molar-refractivity contribution in [2.75, 3.05) is 13.1 Å². The molecule has 4 nitrogen and oxygen atoms in total. The third-order valence-corrected chi connectivity index (χ3v) is 5.19. The third-order valence-electron chi connectivity index (χ3n) is 5.19. The zero-order valence-electron chi connectivity index (χ0n) is 13.8. The van der Waals surface area contributed by atoms with Crippen molar-refractivity contribution in [1.29, 1.82) is 0 Å². The fourth-order valence-electron chi connectivity index (χ4n) is 4.00. The molecule has 1 aromatic heterocycles. The van der Waals surface area contributed by atoms with Crippen molar-refractivity contribution in [3.63, 3.8) is 0 Å². The van der Waals surface area contributed by atoms with Gasteiger partial charge in [0, 0.05) is 44.6 Å². The maximum absolute atomic E-state index is 12.9. The number of fused-ring (bicyclic) bond motifs is 4. The highest BCUT2D eigenvalue weighted by Gasteiger charge is 2.40. The Morgan fingerprint density at radius 2 is 1.79 bits per heavy atom. The lowest BCUT2D eigenvalue weighted by Crippen LogP contribution is -2.47. The van der Waals surface area contributed by atoms with Crippen LogP contribution in [0.1, 0.15) is 24.0 Å². The fourth-order valence-corrected chi connectivity index (χ4v) is 4.00. The molecule has 3 fully saturated rings. The van der Waals surface area contributed by atoms with Crippen LogP contribution in [0, 0.1) is 5.92 Å². The molecule has 2 aromatic rings. The van der Waals surface area contributed by atoms with E-state index < -0.39 is 0 Å². The van der Waals surface area contributed by atoms with E-state index in [4.69, 9.17) is 0 Å². The largest absolute Gasteiger partial charge is 0.334 e. The molecule has 1 amide bonds. The predicted molar refractivity (Wildman–Crippen MR) is 93.0 cm³/mol. The van der Waals surface area contributed by atoms with Crippen LogP contribution in [0.3, 0.4) is 0 Å². The van der Waals surface area contributed by atoms with E-state index in [1.165, 1.54) is 11.1 Å². The van der Waals surface area contributed by atoms with Gasteiger partial charge in [-0.05, 0) is 30.0 Å². The van der Waals surface area contributed by atoms with Gasteiger partial charge in [0.1, 0.15) is 0 Å². The number of hydrogen-bond donors (Lipinski definition) is 0. The molecule has 4 heterocycles. The van der Waals surface area contributed by atoms with E-state index in [2.05, 4.69) is 33.0 Å². The SMILES string of the molecule is O=C1[C@H]2CC[C@H](CN(Cc3cccnc3)C2)N1Cc1ccccc1. The standard InChI is InChI=1S/C20H23N3O/c24-20-18-8-9-19(23(20)13-16-5-2-1-3-6-16)15-22(14-18)12-17-7-4-10-21-11-17/h1-7,10-11,18-19H,8-9,12-15H2/t18-,19+/m0/s1. The molecule has 4 heteroatoms. The molecule has 5 rings (SSSR count). The number of aromatic nitrogens is 1. The van der Waals surface area contributed by atoms with Gasteiger partial charge >= 0.3 is 0 Å². The second-order valence-corrected chi connectivity index (χ2v) is 6.94. The molecule has 0 unspecified atom stereocenters. The maximum atomic E-state index is 12.9. The summed E-state index contributed by atoms with van der Waals surface area (Å²) in [5.74, 6) is 0.480. The van der Waals surface area contributed by atoms with Crippen LogP contribution < -0.4 is 0 Å². The van der Waals surface area contributed by atoms with Gasteiger partial charge in [-0.2, -0.15) is 0 Å². The molecule has 24 heavy (non-hydrogen) atoms. The number of carbonyl (C=O) groups is 1. The Kier molecular flexibility index (Phi) is 4.30. The van der Waals surface area contributed by atoms with E-state index in [0.717, 1.165) is 39.0 Å². The fraction of sp³-hybridized carbons (Fsp3) is 0.400. The van der Waals surface area contributed by atoms with Gasteiger partial charge in [-0.1, -0.05) is 36.4 Å². The molecule has 0 N–H and O–H groups in total. The second-order valence-electron chi connectivity index (χ2n) is 6.94. The molecule has 0 saturated carbocycles. The molecular weight excluding hydrogens is 298 g/mol. The molecule has 1 aromatic carbocycles. The van der Waals surface area contributed by atoms with Crippen LogP contribution in [0.15, 0.2) is 54.9 Å². The minimum Gasteiger partial charge on any atom is -0.334 e. The van der Waals surface area contributed by atoms with E-state index in [9.17, 15) is 4.79 Å². The third kappa shape index (κ3) is 3.20. The Morgan fingerprint density at radius 3 is 2.58 bits per heavy atom. The summed E-state index contributed by atoms with van der Waals surface area (Å²) in [6.07, 6.45) is 5.88. The lowest BCUT2D eigenvalue weighted by molar-refractivity contribution is -0.140. The van der Waals surface area contributed by atoms with Crippen LogP contribution in [0.4, 0.5) is 0 Å². The van der Waals surface area contributed by atoms with E-state index in [0.29, 0.717) is 11.9 Å². The van der Waals surface area contributed by atoms with Gasteiger partial charge in [-0.25, -0.2) is 0 Å². The first-order chi connectivity index (χ1) is 11.8. The Labute approximate surface area is 143 Å². The average molecular weight is 321 g/mol. The topological polar surface area (TPSA) is 36.4 Å². The maximum Gasteiger partial charge on any atom is 0.227 e. The normalized spacial score (nSPS) is 24.2. The molecule has 3 aliphatic heterocycles.